The third-order valence-corrected chi connectivity index (χ3v) is 6.96. The predicted octanol–water partition coefficient (Wildman–Crippen LogP) is 7.29. The van der Waals surface area contributed by atoms with E-state index in [-0.39, 0.29) is 24.9 Å². The van der Waals surface area contributed by atoms with Crippen molar-refractivity contribution in [2.45, 2.75) is 18.2 Å². The number of anilines is 1. The van der Waals surface area contributed by atoms with E-state index in [1.807, 2.05) is 17.0 Å². The SMILES string of the molecule is O=C(CN1C=CN(C(Cl)C(OCc2c(Cl)cccc2Cl)c2ccc(Cl)cc2)C1)Nc1ccc(F)cc1. The Morgan fingerprint density at radius 2 is 1.64 bits per heavy atom. The standard InChI is InChI=1S/C26H22Cl4FN3O2/c27-18-6-4-17(5-7-18)25(36-15-21-22(28)2-1-3-23(21)29)26(30)34-13-12-33(16-34)14-24(35)32-20-10-8-19(31)9-11-20/h1-13,25-26H,14-16H2,(H,32,35). The average molecular weight is 569 g/mol. The number of benzene rings is 3. The van der Waals surface area contributed by atoms with Gasteiger partial charge in [-0.3, -0.25) is 4.79 Å². The maximum atomic E-state index is 13.1. The van der Waals surface area contributed by atoms with Crippen molar-refractivity contribution in [3.63, 3.8) is 0 Å². The van der Waals surface area contributed by atoms with Gasteiger partial charge >= 0.3 is 0 Å². The number of nitrogens with one attached hydrogen (secondary N) is 1. The Hall–Kier alpha value is -2.48. The minimum Gasteiger partial charge on any atom is -0.365 e. The molecule has 3 aromatic carbocycles. The number of amides is 1. The summed E-state index contributed by atoms with van der Waals surface area (Å²) < 4.78 is 19.3. The molecule has 4 rings (SSSR count). The first-order chi connectivity index (χ1) is 17.3. The zero-order valence-corrected chi connectivity index (χ0v) is 21.9. The van der Waals surface area contributed by atoms with Crippen LogP contribution in [0.3, 0.4) is 0 Å². The Balaban J connectivity index is 1.42. The number of carbonyl (C=O) groups is 1. The number of carbonyl (C=O) groups excluding carboxylic acids is 1. The summed E-state index contributed by atoms with van der Waals surface area (Å²) in [7, 11) is 0. The first kappa shape index (κ1) is 26.6. The molecule has 2 atom stereocenters. The van der Waals surface area contributed by atoms with Gasteiger partial charge in [0.15, 0.2) is 0 Å². The monoisotopic (exact) mass is 567 g/mol. The lowest BCUT2D eigenvalue weighted by Crippen LogP contribution is -2.38. The summed E-state index contributed by atoms with van der Waals surface area (Å²) in [6, 6.07) is 18.1. The fourth-order valence-corrected chi connectivity index (χ4v) is 4.65. The van der Waals surface area contributed by atoms with Crippen molar-refractivity contribution < 1.29 is 13.9 Å². The molecule has 0 saturated heterocycles. The van der Waals surface area contributed by atoms with Gasteiger partial charge in [-0.1, -0.05) is 64.6 Å². The van der Waals surface area contributed by atoms with Crippen LogP contribution in [0.15, 0.2) is 79.1 Å². The molecule has 188 valence electrons. The lowest BCUT2D eigenvalue weighted by Gasteiger charge is -2.31. The van der Waals surface area contributed by atoms with Gasteiger partial charge in [0, 0.05) is 38.7 Å². The second-order valence-electron chi connectivity index (χ2n) is 8.11. The smallest absolute Gasteiger partial charge is 0.243 e. The van der Waals surface area contributed by atoms with Crippen LogP contribution in [0.2, 0.25) is 15.1 Å². The van der Waals surface area contributed by atoms with Gasteiger partial charge in [-0.25, -0.2) is 4.39 Å². The van der Waals surface area contributed by atoms with E-state index in [0.717, 1.165) is 5.56 Å². The molecule has 0 fully saturated rings. The van der Waals surface area contributed by atoms with Crippen LogP contribution in [-0.2, 0) is 16.1 Å². The lowest BCUT2D eigenvalue weighted by atomic mass is 10.1. The lowest BCUT2D eigenvalue weighted by molar-refractivity contribution is -0.117. The van der Waals surface area contributed by atoms with Crippen molar-refractivity contribution >= 4 is 58.0 Å². The van der Waals surface area contributed by atoms with Gasteiger partial charge in [-0.05, 0) is 54.1 Å². The summed E-state index contributed by atoms with van der Waals surface area (Å²) in [5, 5.41) is 4.35. The van der Waals surface area contributed by atoms with Crippen LogP contribution in [0, 0.1) is 5.82 Å². The minimum absolute atomic E-state index is 0.0929. The predicted molar refractivity (Wildman–Crippen MR) is 143 cm³/mol. The second-order valence-corrected chi connectivity index (χ2v) is 9.81. The van der Waals surface area contributed by atoms with Crippen LogP contribution >= 0.6 is 46.4 Å². The van der Waals surface area contributed by atoms with E-state index < -0.39 is 11.6 Å². The molecule has 1 N–H and O–H groups in total. The third kappa shape index (κ3) is 6.84. The van der Waals surface area contributed by atoms with Crippen LogP contribution in [0.4, 0.5) is 10.1 Å². The maximum Gasteiger partial charge on any atom is 0.243 e. The molecule has 36 heavy (non-hydrogen) atoms. The van der Waals surface area contributed by atoms with Gasteiger partial charge in [-0.15, -0.1) is 0 Å². The summed E-state index contributed by atoms with van der Waals surface area (Å²) in [4.78, 5) is 16.1. The second kappa shape index (κ2) is 12.2. The molecule has 0 aromatic heterocycles. The fraction of sp³-hybridized carbons (Fsp3) is 0.192. The molecule has 1 amide bonds. The highest BCUT2D eigenvalue weighted by molar-refractivity contribution is 6.36. The molecule has 0 radical (unpaired) electrons. The van der Waals surface area contributed by atoms with Crippen molar-refractivity contribution in [1.82, 2.24) is 9.80 Å². The zero-order chi connectivity index (χ0) is 25.7. The number of ether oxygens (including phenoxy) is 1. The molecule has 0 spiro atoms. The summed E-state index contributed by atoms with van der Waals surface area (Å²) in [5.41, 5.74) is 1.39. The van der Waals surface area contributed by atoms with E-state index in [9.17, 15) is 9.18 Å². The molecule has 1 heterocycles. The molecule has 1 aliphatic rings. The Morgan fingerprint density at radius 3 is 2.31 bits per heavy atom. The van der Waals surface area contributed by atoms with E-state index in [0.29, 0.717) is 33.0 Å². The van der Waals surface area contributed by atoms with E-state index >= 15 is 0 Å². The Morgan fingerprint density at radius 1 is 0.972 bits per heavy atom. The van der Waals surface area contributed by atoms with Gasteiger partial charge in [0.1, 0.15) is 17.4 Å². The molecule has 2 unspecified atom stereocenters. The maximum absolute atomic E-state index is 13.1. The number of halogens is 5. The van der Waals surface area contributed by atoms with Crippen molar-refractivity contribution in [2.75, 3.05) is 18.5 Å². The highest BCUT2D eigenvalue weighted by Crippen LogP contribution is 2.33. The summed E-state index contributed by atoms with van der Waals surface area (Å²) in [6.07, 6.45) is 3.02. The van der Waals surface area contributed by atoms with Crippen LogP contribution in [0.1, 0.15) is 17.2 Å². The van der Waals surface area contributed by atoms with Crippen molar-refractivity contribution in [3.8, 4) is 0 Å². The average Bonchev–Trinajstić information content (AvgIpc) is 3.31. The van der Waals surface area contributed by atoms with Crippen molar-refractivity contribution in [1.29, 1.82) is 0 Å². The van der Waals surface area contributed by atoms with Crippen LogP contribution in [0.5, 0.6) is 0 Å². The molecule has 0 aliphatic carbocycles. The molecule has 3 aromatic rings. The molecule has 10 heteroatoms. The van der Waals surface area contributed by atoms with E-state index in [1.54, 1.807) is 47.6 Å². The van der Waals surface area contributed by atoms with Gasteiger partial charge < -0.3 is 19.9 Å². The first-order valence-corrected chi connectivity index (χ1v) is 12.5. The number of alkyl halides is 1. The Kier molecular flexibility index (Phi) is 8.99. The van der Waals surface area contributed by atoms with Gasteiger partial charge in [0.2, 0.25) is 5.91 Å². The number of rotatable bonds is 9. The molecular weight excluding hydrogens is 547 g/mol. The summed E-state index contributed by atoms with van der Waals surface area (Å²) in [5.74, 6) is -0.605. The fourth-order valence-electron chi connectivity index (χ4n) is 3.67. The van der Waals surface area contributed by atoms with Crippen molar-refractivity contribution in [3.05, 3.63) is 111 Å². The highest BCUT2D eigenvalue weighted by atomic mass is 35.5. The van der Waals surface area contributed by atoms with Gasteiger partial charge in [0.25, 0.3) is 0 Å². The van der Waals surface area contributed by atoms with Crippen LogP contribution in [-0.4, -0.2) is 34.4 Å². The third-order valence-electron chi connectivity index (χ3n) is 5.52. The number of hydrogen-bond donors (Lipinski definition) is 1. The quantitative estimate of drug-likeness (QED) is 0.217. The number of nitrogens with zero attached hydrogens (tertiary/aromatic N) is 2. The van der Waals surface area contributed by atoms with Gasteiger partial charge in [0.05, 0.1) is 19.8 Å². The van der Waals surface area contributed by atoms with E-state index in [4.69, 9.17) is 51.1 Å². The number of hydrogen-bond acceptors (Lipinski definition) is 4. The van der Waals surface area contributed by atoms with Crippen molar-refractivity contribution in [2.24, 2.45) is 0 Å². The molecule has 1 aliphatic heterocycles. The Bertz CT molecular complexity index is 1200. The van der Waals surface area contributed by atoms with Crippen LogP contribution in [0.25, 0.3) is 0 Å². The molecular formula is C26H22Cl4FN3O2. The topological polar surface area (TPSA) is 44.8 Å². The molecule has 0 bridgehead atoms. The molecule has 0 saturated carbocycles. The normalized spacial score (nSPS) is 14.7. The first-order valence-electron chi connectivity index (χ1n) is 11.0. The minimum atomic E-state index is -0.617. The zero-order valence-electron chi connectivity index (χ0n) is 18.9. The summed E-state index contributed by atoms with van der Waals surface area (Å²) in [6.45, 7) is 0.608. The van der Waals surface area contributed by atoms with E-state index in [1.165, 1.54) is 24.3 Å². The van der Waals surface area contributed by atoms with Gasteiger partial charge in [-0.2, -0.15) is 0 Å². The van der Waals surface area contributed by atoms with E-state index in [2.05, 4.69) is 5.32 Å². The Labute approximate surface area is 228 Å². The highest BCUT2D eigenvalue weighted by Gasteiger charge is 2.30. The largest absolute Gasteiger partial charge is 0.365 e. The summed E-state index contributed by atoms with van der Waals surface area (Å²) >= 11 is 25.6. The van der Waals surface area contributed by atoms with Crippen LogP contribution < -0.4 is 5.32 Å². The molecule has 5 nitrogen and oxygen atoms in total.